The molecule has 0 aliphatic rings. The summed E-state index contributed by atoms with van der Waals surface area (Å²) in [5, 5.41) is 21.2. The monoisotopic (exact) mass is 906 g/mol. The van der Waals surface area contributed by atoms with Crippen molar-refractivity contribution < 1.29 is 0 Å². The smallest absolute Gasteiger partial charge is 0.166 e. The van der Waals surface area contributed by atoms with Crippen molar-refractivity contribution in [1.82, 2.24) is 29.5 Å². The van der Waals surface area contributed by atoms with Crippen LogP contribution in [0.25, 0.3) is 118 Å². The van der Waals surface area contributed by atoms with E-state index >= 15 is 0 Å². The van der Waals surface area contributed by atoms with Crippen LogP contribution >= 0.6 is 0 Å². The first-order valence-corrected chi connectivity index (χ1v) is 23.2. The maximum absolute atomic E-state index is 9.58. The maximum Gasteiger partial charge on any atom is 0.166 e. The zero-order valence-electron chi connectivity index (χ0n) is 38.0. The van der Waals surface area contributed by atoms with Crippen LogP contribution in [0.5, 0.6) is 0 Å². The van der Waals surface area contributed by atoms with Crippen molar-refractivity contribution >= 4 is 21.8 Å². The molecule has 3 aromatic heterocycles. The molecule has 0 N–H and O–H groups in total. The molecule has 0 saturated heterocycles. The predicted octanol–water partition coefficient (Wildman–Crippen LogP) is 14.8. The maximum atomic E-state index is 9.58. The predicted molar refractivity (Wildman–Crippen MR) is 283 cm³/mol. The second-order valence-electron chi connectivity index (χ2n) is 17.1. The standard InChI is InChI=1S/C63H38N8/c64-39-41-21-25-43(26-22-41)49-29-32-57-52(35-49)53-36-50(44-27-23-42(40-65)24-28-44)30-33-58(53)71(57)59-34-31-51(62-66-55(45-13-5-1-6-14-45)38-56(67-62)46-15-7-2-8-16-46)37-54(59)63-69-60(47-17-9-3-10-18-47)68-61(70-63)48-19-11-4-12-20-48/h1-38H. The topological polar surface area (TPSA) is 117 Å². The Morgan fingerprint density at radius 1 is 0.296 bits per heavy atom. The lowest BCUT2D eigenvalue weighted by Gasteiger charge is -2.17. The molecule has 9 aromatic carbocycles. The third-order valence-corrected chi connectivity index (χ3v) is 12.8. The highest BCUT2D eigenvalue weighted by Gasteiger charge is 2.22. The summed E-state index contributed by atoms with van der Waals surface area (Å²) in [6.45, 7) is 0. The fraction of sp³-hybridized carbons (Fsp3) is 0. The van der Waals surface area contributed by atoms with Gasteiger partial charge in [0.15, 0.2) is 23.3 Å². The highest BCUT2D eigenvalue weighted by atomic mass is 15.1. The second kappa shape index (κ2) is 18.2. The molecule has 8 heteroatoms. The quantitative estimate of drug-likeness (QED) is 0.142. The molecule has 0 atom stereocenters. The molecule has 0 saturated carbocycles. The van der Waals surface area contributed by atoms with Gasteiger partial charge in [-0.2, -0.15) is 10.5 Å². The van der Waals surface area contributed by atoms with Crippen molar-refractivity contribution in [2.75, 3.05) is 0 Å². The average Bonchev–Trinajstić information content (AvgIpc) is 3.78. The third kappa shape index (κ3) is 8.14. The van der Waals surface area contributed by atoms with Gasteiger partial charge in [-0.1, -0.05) is 158 Å². The van der Waals surface area contributed by atoms with Gasteiger partial charge < -0.3 is 4.57 Å². The minimum absolute atomic E-state index is 0.482. The normalized spacial score (nSPS) is 11.1. The molecule has 71 heavy (non-hydrogen) atoms. The Morgan fingerprint density at radius 2 is 0.676 bits per heavy atom. The van der Waals surface area contributed by atoms with Crippen LogP contribution in [0.2, 0.25) is 0 Å². The van der Waals surface area contributed by atoms with E-state index in [9.17, 15) is 10.5 Å². The Kier molecular flexibility index (Phi) is 10.8. The summed E-state index contributed by atoms with van der Waals surface area (Å²) in [6.07, 6.45) is 0. The number of nitriles is 2. The number of rotatable bonds is 9. The number of hydrogen-bond donors (Lipinski definition) is 0. The van der Waals surface area contributed by atoms with Gasteiger partial charge in [-0.05, 0) is 95.1 Å². The van der Waals surface area contributed by atoms with E-state index in [-0.39, 0.29) is 0 Å². The van der Waals surface area contributed by atoms with Crippen molar-refractivity contribution in [3.63, 3.8) is 0 Å². The first-order chi connectivity index (χ1) is 35.1. The molecule has 0 radical (unpaired) electrons. The first kappa shape index (κ1) is 42.2. The molecule has 0 amide bonds. The fourth-order valence-electron chi connectivity index (χ4n) is 9.18. The van der Waals surface area contributed by atoms with Crippen LogP contribution < -0.4 is 0 Å². The largest absolute Gasteiger partial charge is 0.308 e. The lowest BCUT2D eigenvalue weighted by molar-refractivity contribution is 1.06. The van der Waals surface area contributed by atoms with E-state index in [4.69, 9.17) is 24.9 Å². The number of nitrogens with zero attached hydrogens (tertiary/aromatic N) is 8. The van der Waals surface area contributed by atoms with Crippen molar-refractivity contribution in [3.8, 4) is 108 Å². The molecule has 0 unspecified atom stereocenters. The van der Waals surface area contributed by atoms with Gasteiger partial charge in [-0.25, -0.2) is 24.9 Å². The summed E-state index contributed by atoms with van der Waals surface area (Å²) >= 11 is 0. The van der Waals surface area contributed by atoms with E-state index in [0.29, 0.717) is 34.4 Å². The Balaban J connectivity index is 1.14. The molecule has 8 nitrogen and oxygen atoms in total. The van der Waals surface area contributed by atoms with E-state index in [1.54, 1.807) is 0 Å². The molecule has 0 aliphatic heterocycles. The van der Waals surface area contributed by atoms with Crippen LogP contribution in [-0.4, -0.2) is 29.5 Å². The summed E-state index contributed by atoms with van der Waals surface area (Å²) in [4.78, 5) is 26.2. The molecule has 0 fully saturated rings. The van der Waals surface area contributed by atoms with Gasteiger partial charge >= 0.3 is 0 Å². The van der Waals surface area contributed by atoms with Gasteiger partial charge in [0.05, 0.1) is 51.4 Å². The van der Waals surface area contributed by atoms with Crippen molar-refractivity contribution in [3.05, 3.63) is 242 Å². The summed E-state index contributed by atoms with van der Waals surface area (Å²) in [5.74, 6) is 2.12. The minimum Gasteiger partial charge on any atom is -0.308 e. The van der Waals surface area contributed by atoms with Crippen LogP contribution in [0.15, 0.2) is 231 Å². The highest BCUT2D eigenvalue weighted by molar-refractivity contribution is 6.12. The van der Waals surface area contributed by atoms with Crippen molar-refractivity contribution in [2.45, 2.75) is 0 Å². The zero-order chi connectivity index (χ0) is 47.7. The van der Waals surface area contributed by atoms with E-state index in [1.807, 2.05) is 152 Å². The van der Waals surface area contributed by atoms with Crippen LogP contribution in [0.1, 0.15) is 11.1 Å². The van der Waals surface area contributed by atoms with E-state index in [1.165, 1.54) is 0 Å². The Labute approximate surface area is 409 Å². The van der Waals surface area contributed by atoms with Gasteiger partial charge in [0.2, 0.25) is 0 Å². The van der Waals surface area contributed by atoms with Crippen molar-refractivity contribution in [1.29, 1.82) is 10.5 Å². The average molecular weight is 907 g/mol. The van der Waals surface area contributed by atoms with E-state index in [0.717, 1.165) is 94.5 Å². The first-order valence-electron chi connectivity index (χ1n) is 23.2. The molecule has 0 spiro atoms. The molecular weight excluding hydrogens is 869 g/mol. The number of aromatic nitrogens is 6. The third-order valence-electron chi connectivity index (χ3n) is 12.8. The summed E-state index contributed by atoms with van der Waals surface area (Å²) in [5.41, 5.74) is 14.8. The van der Waals surface area contributed by atoms with Gasteiger partial charge in [0, 0.05) is 44.2 Å². The lowest BCUT2D eigenvalue weighted by Crippen LogP contribution is -2.04. The summed E-state index contributed by atoms with van der Waals surface area (Å²) < 4.78 is 2.29. The van der Waals surface area contributed by atoms with Gasteiger partial charge in [-0.15, -0.1) is 0 Å². The molecular formula is C63H38N8. The zero-order valence-corrected chi connectivity index (χ0v) is 38.0. The SMILES string of the molecule is N#Cc1ccc(-c2ccc3c(c2)c2cc(-c4ccc(C#N)cc4)ccc2n3-c2ccc(-c3nc(-c4ccccc4)cc(-c4ccccc4)n3)cc2-c2nc(-c3ccccc3)nc(-c3ccccc3)n2)cc1. The summed E-state index contributed by atoms with van der Waals surface area (Å²) in [6, 6.07) is 81.7. The van der Waals surface area contributed by atoms with Crippen LogP contribution in [0.3, 0.4) is 0 Å². The minimum atomic E-state index is 0.482. The molecule has 3 heterocycles. The van der Waals surface area contributed by atoms with Crippen LogP contribution in [0.4, 0.5) is 0 Å². The van der Waals surface area contributed by atoms with Gasteiger partial charge in [0.1, 0.15) is 0 Å². The molecule has 12 rings (SSSR count). The second-order valence-corrected chi connectivity index (χ2v) is 17.1. The van der Waals surface area contributed by atoms with Crippen molar-refractivity contribution in [2.24, 2.45) is 0 Å². The number of hydrogen-bond acceptors (Lipinski definition) is 7. The Bertz CT molecular complexity index is 3800. The highest BCUT2D eigenvalue weighted by Crippen LogP contribution is 2.41. The van der Waals surface area contributed by atoms with Gasteiger partial charge in [-0.3, -0.25) is 0 Å². The Morgan fingerprint density at radius 3 is 1.11 bits per heavy atom. The fourth-order valence-corrected chi connectivity index (χ4v) is 9.18. The number of fused-ring (bicyclic) bond motifs is 3. The summed E-state index contributed by atoms with van der Waals surface area (Å²) in [7, 11) is 0. The van der Waals surface area contributed by atoms with E-state index < -0.39 is 0 Å². The van der Waals surface area contributed by atoms with Gasteiger partial charge in [0.25, 0.3) is 0 Å². The Hall–Kier alpha value is -10.2. The lowest BCUT2D eigenvalue weighted by atomic mass is 9.99. The van der Waals surface area contributed by atoms with Crippen LogP contribution in [0, 0.1) is 22.7 Å². The molecule has 330 valence electrons. The number of benzene rings is 9. The molecule has 0 aliphatic carbocycles. The van der Waals surface area contributed by atoms with Crippen LogP contribution in [-0.2, 0) is 0 Å². The molecule has 0 bridgehead atoms. The van der Waals surface area contributed by atoms with E-state index in [2.05, 4.69) is 95.6 Å². The molecule has 12 aromatic rings.